The van der Waals surface area contributed by atoms with Crippen LogP contribution in [0.25, 0.3) is 21.9 Å². The van der Waals surface area contributed by atoms with Gasteiger partial charge in [0.1, 0.15) is 0 Å². The summed E-state index contributed by atoms with van der Waals surface area (Å²) in [5.74, 6) is 1.16. The van der Waals surface area contributed by atoms with Crippen LogP contribution < -0.4 is 0 Å². The summed E-state index contributed by atoms with van der Waals surface area (Å²) in [7, 11) is 0. The molecule has 120 valence electrons. The molecule has 0 fully saturated rings. The Bertz CT molecular complexity index is 777. The average Bonchev–Trinajstić information content (AvgIpc) is 2.54. The lowest BCUT2D eigenvalue weighted by Gasteiger charge is -2.10. The minimum absolute atomic E-state index is 0. The van der Waals surface area contributed by atoms with Gasteiger partial charge in [-0.3, -0.25) is 0 Å². The Labute approximate surface area is 141 Å². The van der Waals surface area contributed by atoms with Crippen molar-refractivity contribution in [3.8, 4) is 11.1 Å². The van der Waals surface area contributed by atoms with E-state index in [9.17, 15) is 0 Å². The van der Waals surface area contributed by atoms with E-state index in [1.54, 1.807) is 0 Å². The summed E-state index contributed by atoms with van der Waals surface area (Å²) >= 11 is 0. The van der Waals surface area contributed by atoms with Crippen LogP contribution in [0.2, 0.25) is 0 Å². The average molecular weight is 304 g/mol. The van der Waals surface area contributed by atoms with Gasteiger partial charge in [-0.1, -0.05) is 89.7 Å². The smallest absolute Gasteiger partial charge is 0.0178 e. The van der Waals surface area contributed by atoms with Crippen LogP contribution in [0.4, 0.5) is 0 Å². The molecule has 0 atom stereocenters. The van der Waals surface area contributed by atoms with Crippen LogP contribution in [0.3, 0.4) is 0 Å². The number of benzene rings is 3. The molecular formula is C23H28. The Hall–Kier alpha value is -2.08. The molecule has 3 rings (SSSR count). The van der Waals surface area contributed by atoms with E-state index in [0.29, 0.717) is 11.8 Å². The molecule has 0 saturated carbocycles. The molecule has 0 saturated heterocycles. The molecule has 0 unspecified atom stereocenters. The van der Waals surface area contributed by atoms with Crippen LogP contribution >= 0.6 is 0 Å². The Balaban J connectivity index is 0.00000192. The van der Waals surface area contributed by atoms with Crippen LogP contribution in [-0.2, 0) is 0 Å². The van der Waals surface area contributed by atoms with E-state index in [2.05, 4.69) is 88.4 Å². The van der Waals surface area contributed by atoms with E-state index in [-0.39, 0.29) is 7.43 Å². The van der Waals surface area contributed by atoms with Gasteiger partial charge in [0.2, 0.25) is 0 Å². The first-order valence-corrected chi connectivity index (χ1v) is 8.18. The minimum Gasteiger partial charge on any atom is -0.0776 e. The van der Waals surface area contributed by atoms with Gasteiger partial charge in [0.25, 0.3) is 0 Å². The molecule has 23 heavy (non-hydrogen) atoms. The maximum Gasteiger partial charge on any atom is -0.0178 e. The lowest BCUT2D eigenvalue weighted by molar-refractivity contribution is 0.867. The Morgan fingerprint density at radius 2 is 1.00 bits per heavy atom. The van der Waals surface area contributed by atoms with E-state index in [4.69, 9.17) is 0 Å². The van der Waals surface area contributed by atoms with Gasteiger partial charge in [-0.15, -0.1) is 0 Å². The summed E-state index contributed by atoms with van der Waals surface area (Å²) in [6, 6.07) is 22.5. The van der Waals surface area contributed by atoms with E-state index < -0.39 is 0 Å². The highest BCUT2D eigenvalue weighted by Gasteiger charge is 2.04. The lowest BCUT2D eigenvalue weighted by atomic mass is 9.95. The van der Waals surface area contributed by atoms with Crippen LogP contribution in [0, 0.1) is 0 Å². The van der Waals surface area contributed by atoms with Crippen molar-refractivity contribution in [1.29, 1.82) is 0 Å². The Morgan fingerprint density at radius 3 is 1.61 bits per heavy atom. The first-order chi connectivity index (χ1) is 10.5. The predicted octanol–water partition coefficient (Wildman–Crippen LogP) is 7.39. The van der Waals surface area contributed by atoms with E-state index in [1.165, 1.54) is 33.0 Å². The fourth-order valence-corrected chi connectivity index (χ4v) is 2.86. The monoisotopic (exact) mass is 304 g/mol. The number of fused-ring (bicyclic) bond motifs is 1. The number of hydrogen-bond donors (Lipinski definition) is 0. The lowest BCUT2D eigenvalue weighted by Crippen LogP contribution is -1.88. The first kappa shape index (κ1) is 17.3. The molecule has 0 nitrogen and oxygen atoms in total. The van der Waals surface area contributed by atoms with Crippen LogP contribution in [0.1, 0.15) is 58.1 Å². The van der Waals surface area contributed by atoms with Gasteiger partial charge in [0.15, 0.2) is 0 Å². The van der Waals surface area contributed by atoms with E-state index in [1.807, 2.05) is 0 Å². The van der Waals surface area contributed by atoms with Gasteiger partial charge >= 0.3 is 0 Å². The van der Waals surface area contributed by atoms with Crippen LogP contribution in [0.15, 0.2) is 60.7 Å². The third-order valence-electron chi connectivity index (χ3n) is 4.44. The molecule has 0 aliphatic rings. The molecule has 0 amide bonds. The van der Waals surface area contributed by atoms with Crippen molar-refractivity contribution in [3.63, 3.8) is 0 Å². The topological polar surface area (TPSA) is 0 Å². The largest absolute Gasteiger partial charge is 0.0776 e. The van der Waals surface area contributed by atoms with Crippen molar-refractivity contribution in [3.05, 3.63) is 71.8 Å². The third-order valence-corrected chi connectivity index (χ3v) is 4.44. The fourth-order valence-electron chi connectivity index (χ4n) is 2.86. The maximum absolute atomic E-state index is 2.31. The van der Waals surface area contributed by atoms with Crippen LogP contribution in [-0.4, -0.2) is 0 Å². The molecule has 3 aromatic rings. The van der Waals surface area contributed by atoms with Crippen molar-refractivity contribution < 1.29 is 0 Å². The van der Waals surface area contributed by atoms with Gasteiger partial charge in [0, 0.05) is 0 Å². The van der Waals surface area contributed by atoms with E-state index in [0.717, 1.165) is 0 Å². The SMILES string of the molecule is C.CC(C)c1ccc(-c2ccc3cc(C(C)C)ccc3c2)cc1. The van der Waals surface area contributed by atoms with Crippen molar-refractivity contribution in [2.45, 2.75) is 47.0 Å². The summed E-state index contributed by atoms with van der Waals surface area (Å²) in [5.41, 5.74) is 5.38. The second kappa shape index (κ2) is 7.00. The summed E-state index contributed by atoms with van der Waals surface area (Å²) in [5, 5.41) is 2.64. The summed E-state index contributed by atoms with van der Waals surface area (Å²) in [4.78, 5) is 0. The van der Waals surface area contributed by atoms with Crippen molar-refractivity contribution >= 4 is 10.8 Å². The molecule has 0 aliphatic carbocycles. The molecular weight excluding hydrogens is 276 g/mol. The van der Waals surface area contributed by atoms with Crippen molar-refractivity contribution in [2.24, 2.45) is 0 Å². The van der Waals surface area contributed by atoms with Gasteiger partial charge in [-0.25, -0.2) is 0 Å². The minimum atomic E-state index is 0. The molecule has 3 aromatic carbocycles. The third kappa shape index (κ3) is 3.64. The standard InChI is InChI=1S/C22H24.CH4/c1-15(2)17-5-7-18(8-6-17)20-11-12-21-13-19(16(3)4)9-10-22(21)14-20;/h5-16H,1-4H3;1H4. The highest BCUT2D eigenvalue weighted by atomic mass is 14.1. The Morgan fingerprint density at radius 1 is 0.522 bits per heavy atom. The van der Waals surface area contributed by atoms with Crippen LogP contribution in [0.5, 0.6) is 0 Å². The quantitative estimate of drug-likeness (QED) is 0.473. The molecule has 0 aliphatic heterocycles. The fraction of sp³-hybridized carbons (Fsp3) is 0.304. The molecule has 0 spiro atoms. The van der Waals surface area contributed by atoms with Gasteiger partial charge in [-0.05, 0) is 50.9 Å². The Kier molecular flexibility index (Phi) is 5.26. The molecule has 0 aromatic heterocycles. The van der Waals surface area contributed by atoms with Gasteiger partial charge in [-0.2, -0.15) is 0 Å². The van der Waals surface area contributed by atoms with Crippen molar-refractivity contribution in [1.82, 2.24) is 0 Å². The second-order valence-corrected chi connectivity index (χ2v) is 6.75. The zero-order valence-corrected chi connectivity index (χ0v) is 13.9. The normalized spacial score (nSPS) is 11.0. The molecule has 0 bridgehead atoms. The summed E-state index contributed by atoms with van der Waals surface area (Å²) < 4.78 is 0. The van der Waals surface area contributed by atoms with Gasteiger partial charge < -0.3 is 0 Å². The molecule has 0 heteroatoms. The number of hydrogen-bond acceptors (Lipinski definition) is 0. The molecule has 0 radical (unpaired) electrons. The summed E-state index contributed by atoms with van der Waals surface area (Å²) in [6.07, 6.45) is 0. The second-order valence-electron chi connectivity index (χ2n) is 6.75. The zero-order chi connectivity index (χ0) is 15.7. The predicted molar refractivity (Wildman–Crippen MR) is 104 cm³/mol. The highest BCUT2D eigenvalue weighted by molar-refractivity contribution is 5.88. The number of rotatable bonds is 3. The van der Waals surface area contributed by atoms with Crippen molar-refractivity contribution in [2.75, 3.05) is 0 Å². The first-order valence-electron chi connectivity index (χ1n) is 8.18. The zero-order valence-electron chi connectivity index (χ0n) is 13.9. The van der Waals surface area contributed by atoms with E-state index >= 15 is 0 Å². The highest BCUT2D eigenvalue weighted by Crippen LogP contribution is 2.28. The molecule has 0 N–H and O–H groups in total. The molecule has 0 heterocycles. The maximum atomic E-state index is 2.31. The van der Waals surface area contributed by atoms with Gasteiger partial charge in [0.05, 0.1) is 0 Å². The summed E-state index contributed by atoms with van der Waals surface area (Å²) in [6.45, 7) is 8.95.